The smallest absolute Gasteiger partial charge is 0.326 e. The molecule has 2 fully saturated rings. The van der Waals surface area contributed by atoms with E-state index in [4.69, 9.17) is 4.74 Å². The molecule has 2 saturated heterocycles. The first-order valence-corrected chi connectivity index (χ1v) is 8.34. The number of hydrogen-bond acceptors (Lipinski definition) is 5. The fourth-order valence-corrected chi connectivity index (χ4v) is 3.60. The van der Waals surface area contributed by atoms with Crippen molar-refractivity contribution in [2.45, 2.75) is 38.4 Å². The molecule has 3 heterocycles. The molecular formula is C16H26N4O3. The van der Waals surface area contributed by atoms with Crippen molar-refractivity contribution in [3.8, 4) is 0 Å². The highest BCUT2D eigenvalue weighted by atomic mass is 16.5. The molecule has 1 N–H and O–H groups in total. The van der Waals surface area contributed by atoms with E-state index in [0.717, 1.165) is 32.7 Å². The normalized spacial score (nSPS) is 26.9. The largest absolute Gasteiger partial charge is 0.480 e. The van der Waals surface area contributed by atoms with Crippen molar-refractivity contribution in [1.29, 1.82) is 0 Å². The Morgan fingerprint density at radius 2 is 2.13 bits per heavy atom. The van der Waals surface area contributed by atoms with E-state index in [-0.39, 0.29) is 0 Å². The van der Waals surface area contributed by atoms with Crippen LogP contribution in [0.3, 0.4) is 0 Å². The van der Waals surface area contributed by atoms with Gasteiger partial charge in [-0.3, -0.25) is 19.3 Å². The first-order valence-electron chi connectivity index (χ1n) is 8.34. The Hall–Kier alpha value is -1.44. The van der Waals surface area contributed by atoms with Crippen LogP contribution >= 0.6 is 0 Å². The van der Waals surface area contributed by atoms with Gasteiger partial charge in [-0.25, -0.2) is 0 Å². The van der Waals surface area contributed by atoms with Crippen LogP contribution in [0.15, 0.2) is 12.3 Å². The molecule has 7 nitrogen and oxygen atoms in total. The SMILES string of the molecule is CC(C)n1nccc1CN1CCN(C2(C(=O)O)CCOC2)CC1. The van der Waals surface area contributed by atoms with E-state index in [0.29, 0.717) is 25.7 Å². The molecule has 1 aromatic rings. The Kier molecular flexibility index (Phi) is 4.70. The number of carboxylic acids is 1. The van der Waals surface area contributed by atoms with Gasteiger partial charge >= 0.3 is 5.97 Å². The summed E-state index contributed by atoms with van der Waals surface area (Å²) >= 11 is 0. The van der Waals surface area contributed by atoms with Crippen LogP contribution in [0.1, 0.15) is 32.0 Å². The highest BCUT2D eigenvalue weighted by molar-refractivity contribution is 5.79. The molecule has 128 valence electrons. The molecule has 1 atom stereocenters. The zero-order chi connectivity index (χ0) is 16.4. The molecule has 3 rings (SSSR count). The molecule has 0 bridgehead atoms. The number of rotatable bonds is 5. The van der Waals surface area contributed by atoms with Crippen LogP contribution < -0.4 is 0 Å². The predicted octanol–water partition coefficient (Wildman–Crippen LogP) is 0.825. The monoisotopic (exact) mass is 322 g/mol. The number of hydrogen-bond donors (Lipinski definition) is 1. The summed E-state index contributed by atoms with van der Waals surface area (Å²) in [7, 11) is 0. The van der Waals surface area contributed by atoms with E-state index in [1.54, 1.807) is 0 Å². The third-order valence-electron chi connectivity index (χ3n) is 5.00. The quantitative estimate of drug-likeness (QED) is 0.866. The topological polar surface area (TPSA) is 70.8 Å². The maximum absolute atomic E-state index is 11.7. The van der Waals surface area contributed by atoms with Gasteiger partial charge < -0.3 is 9.84 Å². The number of nitrogens with zero attached hydrogens (tertiary/aromatic N) is 4. The summed E-state index contributed by atoms with van der Waals surface area (Å²) in [6.07, 6.45) is 2.43. The van der Waals surface area contributed by atoms with Gasteiger partial charge in [0, 0.05) is 58.0 Å². The molecule has 0 saturated carbocycles. The zero-order valence-electron chi connectivity index (χ0n) is 13.9. The summed E-state index contributed by atoms with van der Waals surface area (Å²) in [5.74, 6) is -0.749. The predicted molar refractivity (Wildman–Crippen MR) is 85.3 cm³/mol. The van der Waals surface area contributed by atoms with Crippen molar-refractivity contribution in [2.75, 3.05) is 39.4 Å². The van der Waals surface area contributed by atoms with E-state index in [9.17, 15) is 9.90 Å². The summed E-state index contributed by atoms with van der Waals surface area (Å²) in [6, 6.07) is 2.42. The van der Waals surface area contributed by atoms with Crippen molar-refractivity contribution >= 4 is 5.97 Å². The van der Waals surface area contributed by atoms with Crippen LogP contribution in [0, 0.1) is 0 Å². The average Bonchev–Trinajstić information content (AvgIpc) is 3.17. The van der Waals surface area contributed by atoms with Crippen LogP contribution in [0.2, 0.25) is 0 Å². The Bertz CT molecular complexity index is 543. The number of aliphatic carboxylic acids is 1. The molecule has 2 aliphatic heterocycles. The number of piperazine rings is 1. The van der Waals surface area contributed by atoms with Gasteiger partial charge in [0.1, 0.15) is 5.54 Å². The van der Waals surface area contributed by atoms with Gasteiger partial charge in [-0.2, -0.15) is 5.10 Å². The third kappa shape index (κ3) is 3.13. The Balaban J connectivity index is 1.60. The first kappa shape index (κ1) is 16.4. The van der Waals surface area contributed by atoms with E-state index in [1.165, 1.54) is 5.69 Å². The summed E-state index contributed by atoms with van der Waals surface area (Å²) in [5, 5.41) is 14.0. The molecule has 0 radical (unpaired) electrons. The zero-order valence-corrected chi connectivity index (χ0v) is 13.9. The minimum atomic E-state index is -0.814. The van der Waals surface area contributed by atoms with Gasteiger partial charge in [0.25, 0.3) is 0 Å². The van der Waals surface area contributed by atoms with Gasteiger partial charge in [0.15, 0.2) is 0 Å². The second kappa shape index (κ2) is 6.59. The lowest BCUT2D eigenvalue weighted by molar-refractivity contribution is -0.153. The van der Waals surface area contributed by atoms with Crippen molar-refractivity contribution in [3.63, 3.8) is 0 Å². The van der Waals surface area contributed by atoms with Crippen LogP contribution in [0.5, 0.6) is 0 Å². The average molecular weight is 322 g/mol. The Morgan fingerprint density at radius 3 is 2.70 bits per heavy atom. The fraction of sp³-hybridized carbons (Fsp3) is 0.750. The van der Waals surface area contributed by atoms with Gasteiger partial charge in [0.2, 0.25) is 0 Å². The van der Waals surface area contributed by atoms with Gasteiger partial charge in [-0.15, -0.1) is 0 Å². The number of carboxylic acid groups (broad SMARTS) is 1. The molecule has 0 aromatic carbocycles. The van der Waals surface area contributed by atoms with Crippen LogP contribution in [-0.4, -0.2) is 75.6 Å². The molecule has 0 aliphatic carbocycles. The maximum Gasteiger partial charge on any atom is 0.326 e. The first-order chi connectivity index (χ1) is 11.0. The Morgan fingerprint density at radius 1 is 1.39 bits per heavy atom. The number of aromatic nitrogens is 2. The van der Waals surface area contributed by atoms with Crippen LogP contribution in [-0.2, 0) is 16.1 Å². The molecule has 0 spiro atoms. The van der Waals surface area contributed by atoms with Crippen molar-refractivity contribution in [3.05, 3.63) is 18.0 Å². The van der Waals surface area contributed by atoms with E-state index < -0.39 is 11.5 Å². The summed E-state index contributed by atoms with van der Waals surface area (Å²) < 4.78 is 7.43. The summed E-state index contributed by atoms with van der Waals surface area (Å²) in [4.78, 5) is 16.2. The van der Waals surface area contributed by atoms with E-state index in [1.807, 2.05) is 6.20 Å². The molecule has 0 amide bonds. The van der Waals surface area contributed by atoms with E-state index in [2.05, 4.69) is 39.5 Å². The second-order valence-electron chi connectivity index (χ2n) is 6.76. The van der Waals surface area contributed by atoms with Crippen molar-refractivity contribution in [1.82, 2.24) is 19.6 Å². The number of ether oxygens (including phenoxy) is 1. The molecule has 1 aromatic heterocycles. The molecule has 1 unspecified atom stereocenters. The van der Waals surface area contributed by atoms with Crippen molar-refractivity contribution < 1.29 is 14.6 Å². The maximum atomic E-state index is 11.7. The van der Waals surface area contributed by atoms with Crippen LogP contribution in [0.25, 0.3) is 0 Å². The minimum Gasteiger partial charge on any atom is -0.480 e. The lowest BCUT2D eigenvalue weighted by Crippen LogP contribution is -2.61. The molecule has 23 heavy (non-hydrogen) atoms. The van der Waals surface area contributed by atoms with Gasteiger partial charge in [-0.1, -0.05) is 0 Å². The molecular weight excluding hydrogens is 296 g/mol. The standard InChI is InChI=1S/C16H26N4O3/c1-13(2)20-14(3-5-17-20)11-18-6-8-19(9-7-18)16(15(21)22)4-10-23-12-16/h3,5,13H,4,6-12H2,1-2H3,(H,21,22). The summed E-state index contributed by atoms with van der Waals surface area (Å²) in [6.45, 7) is 9.26. The van der Waals surface area contributed by atoms with Gasteiger partial charge in [0.05, 0.1) is 12.3 Å². The fourth-order valence-electron chi connectivity index (χ4n) is 3.60. The van der Waals surface area contributed by atoms with E-state index >= 15 is 0 Å². The Labute approximate surface area is 136 Å². The summed E-state index contributed by atoms with van der Waals surface area (Å²) in [5.41, 5.74) is 0.400. The lowest BCUT2D eigenvalue weighted by atomic mass is 9.95. The van der Waals surface area contributed by atoms with Crippen LogP contribution in [0.4, 0.5) is 0 Å². The number of carbonyl (C=O) groups is 1. The second-order valence-corrected chi connectivity index (χ2v) is 6.76. The lowest BCUT2D eigenvalue weighted by Gasteiger charge is -2.42. The minimum absolute atomic E-state index is 0.308. The molecule has 7 heteroatoms. The van der Waals surface area contributed by atoms with Crippen molar-refractivity contribution in [2.24, 2.45) is 0 Å². The third-order valence-corrected chi connectivity index (χ3v) is 5.00. The highest BCUT2D eigenvalue weighted by Gasteiger charge is 2.48. The highest BCUT2D eigenvalue weighted by Crippen LogP contribution is 2.28. The van der Waals surface area contributed by atoms with Gasteiger partial charge in [-0.05, 0) is 19.9 Å². The molecule has 2 aliphatic rings.